The number of hydrogen-bond donors (Lipinski definition) is 3. The lowest BCUT2D eigenvalue weighted by Gasteiger charge is -2.14. The van der Waals surface area contributed by atoms with Crippen molar-refractivity contribution in [2.75, 3.05) is 30.3 Å². The van der Waals surface area contributed by atoms with Gasteiger partial charge < -0.3 is 15.4 Å². The lowest BCUT2D eigenvalue weighted by atomic mass is 10.3. The second-order valence-electron chi connectivity index (χ2n) is 4.21. The van der Waals surface area contributed by atoms with Gasteiger partial charge in [-0.1, -0.05) is 0 Å². The molecule has 0 amide bonds. The van der Waals surface area contributed by atoms with Gasteiger partial charge in [-0.3, -0.25) is 5.10 Å². The summed E-state index contributed by atoms with van der Waals surface area (Å²) in [5.74, 6) is 1.35. The molecule has 0 aliphatic heterocycles. The molecule has 1 unspecified atom stereocenters. The van der Waals surface area contributed by atoms with Crippen molar-refractivity contribution in [3.8, 4) is 0 Å². The van der Waals surface area contributed by atoms with Crippen molar-refractivity contribution in [1.29, 1.82) is 0 Å². The van der Waals surface area contributed by atoms with Crippen LogP contribution < -0.4 is 10.6 Å². The summed E-state index contributed by atoms with van der Waals surface area (Å²) in [4.78, 5) is 8.78. The fraction of sp³-hybridized carbons (Fsp3) is 0.583. The van der Waals surface area contributed by atoms with Crippen LogP contribution in [0.25, 0.3) is 11.0 Å². The average molecular weight is 264 g/mol. The van der Waals surface area contributed by atoms with Crippen LogP contribution in [0.5, 0.6) is 0 Å². The smallest absolute Gasteiger partial charge is 0.226 e. The molecule has 2 aromatic heterocycles. The third kappa shape index (κ3) is 3.31. The molecule has 0 saturated heterocycles. The van der Waals surface area contributed by atoms with Gasteiger partial charge in [0, 0.05) is 19.7 Å². The predicted molar refractivity (Wildman–Crippen MR) is 75.4 cm³/mol. The molecule has 7 heteroatoms. The van der Waals surface area contributed by atoms with Crippen LogP contribution in [0.3, 0.4) is 0 Å². The zero-order valence-electron chi connectivity index (χ0n) is 11.5. The van der Waals surface area contributed by atoms with E-state index in [1.54, 1.807) is 6.20 Å². The van der Waals surface area contributed by atoms with Crippen molar-refractivity contribution in [3.63, 3.8) is 0 Å². The molecule has 1 atom stereocenters. The van der Waals surface area contributed by atoms with E-state index in [-0.39, 0.29) is 6.10 Å². The Kier molecular flexibility index (Phi) is 4.51. The SMILES string of the molecule is CCNc1nc(NCC(C)OCC)c2cn[nH]c2n1. The number of fused-ring (bicyclic) bond motifs is 1. The molecule has 104 valence electrons. The molecule has 2 rings (SSSR count). The Morgan fingerprint density at radius 1 is 1.32 bits per heavy atom. The molecule has 2 aromatic rings. The highest BCUT2D eigenvalue weighted by Gasteiger charge is 2.10. The first-order chi connectivity index (χ1) is 9.24. The Balaban J connectivity index is 2.17. The van der Waals surface area contributed by atoms with Crippen LogP contribution >= 0.6 is 0 Å². The molecular formula is C12H20N6O. The van der Waals surface area contributed by atoms with E-state index in [2.05, 4.69) is 30.8 Å². The molecule has 0 bridgehead atoms. The van der Waals surface area contributed by atoms with Gasteiger partial charge in [0.2, 0.25) is 5.95 Å². The number of rotatable bonds is 7. The number of hydrogen-bond acceptors (Lipinski definition) is 6. The monoisotopic (exact) mass is 264 g/mol. The normalized spacial score (nSPS) is 12.6. The zero-order chi connectivity index (χ0) is 13.7. The Morgan fingerprint density at radius 2 is 2.16 bits per heavy atom. The lowest BCUT2D eigenvalue weighted by Crippen LogP contribution is -2.20. The highest BCUT2D eigenvalue weighted by atomic mass is 16.5. The Hall–Kier alpha value is -1.89. The second-order valence-corrected chi connectivity index (χ2v) is 4.21. The third-order valence-electron chi connectivity index (χ3n) is 2.65. The van der Waals surface area contributed by atoms with Crippen LogP contribution in [0, 0.1) is 0 Å². The summed E-state index contributed by atoms with van der Waals surface area (Å²) in [5, 5.41) is 14.1. The average Bonchev–Trinajstić information content (AvgIpc) is 2.85. The van der Waals surface area contributed by atoms with Gasteiger partial charge in [0.05, 0.1) is 17.7 Å². The molecule has 0 aliphatic rings. The van der Waals surface area contributed by atoms with E-state index in [4.69, 9.17) is 4.74 Å². The van der Waals surface area contributed by atoms with E-state index >= 15 is 0 Å². The van der Waals surface area contributed by atoms with E-state index in [1.165, 1.54) is 0 Å². The molecular weight excluding hydrogens is 244 g/mol. The summed E-state index contributed by atoms with van der Waals surface area (Å²) in [6.45, 7) is 8.18. The van der Waals surface area contributed by atoms with Crippen LogP contribution in [-0.4, -0.2) is 46.0 Å². The fourth-order valence-electron chi connectivity index (χ4n) is 1.79. The van der Waals surface area contributed by atoms with E-state index in [0.29, 0.717) is 19.1 Å². The zero-order valence-corrected chi connectivity index (χ0v) is 11.5. The van der Waals surface area contributed by atoms with Crippen LogP contribution in [0.4, 0.5) is 11.8 Å². The maximum absolute atomic E-state index is 5.49. The predicted octanol–water partition coefficient (Wildman–Crippen LogP) is 1.62. The van der Waals surface area contributed by atoms with Crippen LogP contribution in [-0.2, 0) is 4.74 Å². The van der Waals surface area contributed by atoms with Gasteiger partial charge in [-0.25, -0.2) is 0 Å². The molecule has 19 heavy (non-hydrogen) atoms. The summed E-state index contributed by atoms with van der Waals surface area (Å²) in [6.07, 6.45) is 1.85. The summed E-state index contributed by atoms with van der Waals surface area (Å²) >= 11 is 0. The number of ether oxygens (including phenoxy) is 1. The van der Waals surface area contributed by atoms with Crippen LogP contribution in [0.15, 0.2) is 6.20 Å². The maximum Gasteiger partial charge on any atom is 0.226 e. The van der Waals surface area contributed by atoms with Gasteiger partial charge in [-0.05, 0) is 20.8 Å². The first-order valence-corrected chi connectivity index (χ1v) is 6.55. The molecule has 0 aliphatic carbocycles. The van der Waals surface area contributed by atoms with Crippen LogP contribution in [0.2, 0.25) is 0 Å². The number of nitrogens with one attached hydrogen (secondary N) is 3. The maximum atomic E-state index is 5.49. The second kappa shape index (κ2) is 6.33. The van der Waals surface area contributed by atoms with Gasteiger partial charge in [-0.15, -0.1) is 0 Å². The first kappa shape index (κ1) is 13.5. The molecule has 0 radical (unpaired) electrons. The molecule has 2 heterocycles. The summed E-state index contributed by atoms with van der Waals surface area (Å²) < 4.78 is 5.49. The van der Waals surface area contributed by atoms with Crippen molar-refractivity contribution in [2.24, 2.45) is 0 Å². The van der Waals surface area contributed by atoms with E-state index < -0.39 is 0 Å². The largest absolute Gasteiger partial charge is 0.377 e. The molecule has 0 fully saturated rings. The quantitative estimate of drug-likeness (QED) is 0.704. The first-order valence-electron chi connectivity index (χ1n) is 6.55. The molecule has 0 spiro atoms. The number of aromatic amines is 1. The van der Waals surface area contributed by atoms with Gasteiger partial charge in [-0.2, -0.15) is 15.1 Å². The van der Waals surface area contributed by atoms with Gasteiger partial charge >= 0.3 is 0 Å². The number of aromatic nitrogens is 4. The van der Waals surface area contributed by atoms with E-state index in [0.717, 1.165) is 23.4 Å². The molecule has 0 saturated carbocycles. The van der Waals surface area contributed by atoms with Crippen molar-refractivity contribution in [3.05, 3.63) is 6.20 Å². The minimum Gasteiger partial charge on any atom is -0.377 e. The highest BCUT2D eigenvalue weighted by molar-refractivity contribution is 5.86. The van der Waals surface area contributed by atoms with Gasteiger partial charge in [0.15, 0.2) is 5.65 Å². The van der Waals surface area contributed by atoms with Crippen molar-refractivity contribution in [2.45, 2.75) is 26.9 Å². The summed E-state index contributed by atoms with van der Waals surface area (Å²) in [6, 6.07) is 0. The number of anilines is 2. The third-order valence-corrected chi connectivity index (χ3v) is 2.65. The Labute approximate surface area is 112 Å². The number of H-pyrrole nitrogens is 1. The van der Waals surface area contributed by atoms with Crippen LogP contribution in [0.1, 0.15) is 20.8 Å². The fourth-order valence-corrected chi connectivity index (χ4v) is 1.79. The Bertz CT molecular complexity index is 526. The van der Waals surface area contributed by atoms with Crippen molar-refractivity contribution >= 4 is 22.8 Å². The highest BCUT2D eigenvalue weighted by Crippen LogP contribution is 2.19. The van der Waals surface area contributed by atoms with Gasteiger partial charge in [0.25, 0.3) is 0 Å². The molecule has 7 nitrogen and oxygen atoms in total. The van der Waals surface area contributed by atoms with Crippen molar-refractivity contribution < 1.29 is 4.74 Å². The number of nitrogens with zero attached hydrogens (tertiary/aromatic N) is 3. The van der Waals surface area contributed by atoms with Gasteiger partial charge in [0.1, 0.15) is 5.82 Å². The minimum atomic E-state index is 0.129. The minimum absolute atomic E-state index is 0.129. The molecule has 0 aromatic carbocycles. The van der Waals surface area contributed by atoms with E-state index in [1.807, 2.05) is 20.8 Å². The van der Waals surface area contributed by atoms with Crippen molar-refractivity contribution in [1.82, 2.24) is 20.2 Å². The standard InChI is InChI=1S/C12H20N6O/c1-4-13-12-16-10(14-6-8(3)19-5-2)9-7-15-18-11(9)17-12/h7-8H,4-6H2,1-3H3,(H3,13,14,15,16,17,18). The summed E-state index contributed by atoms with van der Waals surface area (Å²) in [5.41, 5.74) is 0.720. The molecule has 3 N–H and O–H groups in total. The topological polar surface area (TPSA) is 87.8 Å². The summed E-state index contributed by atoms with van der Waals surface area (Å²) in [7, 11) is 0. The Morgan fingerprint density at radius 3 is 2.89 bits per heavy atom. The lowest BCUT2D eigenvalue weighted by molar-refractivity contribution is 0.0855. The van der Waals surface area contributed by atoms with E-state index in [9.17, 15) is 0 Å².